The van der Waals surface area contributed by atoms with Crippen LogP contribution in [0.25, 0.3) is 6.08 Å². The number of carbonyl (C=O) groups excluding carboxylic acids is 1. The van der Waals surface area contributed by atoms with Gasteiger partial charge >= 0.3 is 0 Å². The highest BCUT2D eigenvalue weighted by atomic mass is 19.2. The molecule has 0 aliphatic heterocycles. The Morgan fingerprint density at radius 2 is 2.50 bits per heavy atom. The molecule has 62 valence electrons. The van der Waals surface area contributed by atoms with E-state index in [2.05, 4.69) is 4.98 Å². The first-order valence-electron chi connectivity index (χ1n) is 3.31. The smallest absolute Gasteiger partial charge is 0.267 e. The van der Waals surface area contributed by atoms with Gasteiger partial charge in [-0.25, -0.2) is 0 Å². The van der Waals surface area contributed by atoms with Crippen molar-refractivity contribution in [3.8, 4) is 0 Å². The summed E-state index contributed by atoms with van der Waals surface area (Å²) in [6.45, 7) is 0. The molecule has 3 nitrogen and oxygen atoms in total. The Balaban J connectivity index is 2.64. The van der Waals surface area contributed by atoms with Crippen molar-refractivity contribution in [2.24, 2.45) is 0 Å². The van der Waals surface area contributed by atoms with Crippen LogP contribution in [0.3, 0.4) is 0 Å². The van der Waals surface area contributed by atoms with E-state index in [1.807, 2.05) is 0 Å². The SMILES string of the molecule is O=C(C=Cc1cccnc1)NF. The molecule has 1 amide bonds. The van der Waals surface area contributed by atoms with Crippen LogP contribution in [0.15, 0.2) is 30.6 Å². The number of aromatic nitrogens is 1. The summed E-state index contributed by atoms with van der Waals surface area (Å²) in [5.74, 6) is -0.779. The maximum atomic E-state index is 11.4. The van der Waals surface area contributed by atoms with E-state index in [0.717, 1.165) is 17.2 Å². The summed E-state index contributed by atoms with van der Waals surface area (Å²) in [7, 11) is 0. The van der Waals surface area contributed by atoms with Gasteiger partial charge in [0.1, 0.15) is 0 Å². The lowest BCUT2D eigenvalue weighted by Crippen LogP contribution is -2.08. The number of nitrogens with one attached hydrogen (secondary N) is 1. The summed E-state index contributed by atoms with van der Waals surface area (Å²) >= 11 is 0. The first kappa shape index (κ1) is 8.39. The molecule has 1 heterocycles. The first-order chi connectivity index (χ1) is 5.83. The van der Waals surface area contributed by atoms with Gasteiger partial charge in [-0.1, -0.05) is 10.5 Å². The maximum Gasteiger partial charge on any atom is 0.271 e. The van der Waals surface area contributed by atoms with Crippen molar-refractivity contribution in [2.75, 3.05) is 0 Å². The number of hydrogen-bond donors (Lipinski definition) is 1. The molecule has 0 bridgehead atoms. The molecule has 0 saturated heterocycles. The van der Waals surface area contributed by atoms with Gasteiger partial charge in [-0.3, -0.25) is 9.78 Å². The van der Waals surface area contributed by atoms with Gasteiger partial charge in [0.15, 0.2) is 0 Å². The number of nitrogens with zero attached hydrogens (tertiary/aromatic N) is 1. The van der Waals surface area contributed by atoms with Crippen LogP contribution in [0.2, 0.25) is 0 Å². The van der Waals surface area contributed by atoms with Crippen molar-refractivity contribution >= 4 is 12.0 Å². The fourth-order valence-electron chi connectivity index (χ4n) is 0.678. The van der Waals surface area contributed by atoms with E-state index in [1.54, 1.807) is 24.5 Å². The Hall–Kier alpha value is -1.71. The monoisotopic (exact) mass is 166 g/mol. The summed E-state index contributed by atoms with van der Waals surface area (Å²) < 4.78 is 11.4. The molecule has 12 heavy (non-hydrogen) atoms. The van der Waals surface area contributed by atoms with E-state index in [9.17, 15) is 9.28 Å². The van der Waals surface area contributed by atoms with Crippen LogP contribution in [-0.4, -0.2) is 10.9 Å². The minimum atomic E-state index is -0.779. The van der Waals surface area contributed by atoms with Crippen LogP contribution < -0.4 is 5.54 Å². The molecule has 0 aliphatic carbocycles. The number of pyridine rings is 1. The second-order valence-corrected chi connectivity index (χ2v) is 2.08. The second-order valence-electron chi connectivity index (χ2n) is 2.08. The predicted molar refractivity (Wildman–Crippen MR) is 42.5 cm³/mol. The first-order valence-corrected chi connectivity index (χ1v) is 3.31. The van der Waals surface area contributed by atoms with E-state index < -0.39 is 5.91 Å². The van der Waals surface area contributed by atoms with Crippen molar-refractivity contribution < 1.29 is 9.28 Å². The molecule has 1 aromatic heterocycles. The second kappa shape index (κ2) is 4.23. The number of hydrogen-bond acceptors (Lipinski definition) is 2. The van der Waals surface area contributed by atoms with Crippen LogP contribution in [0, 0.1) is 0 Å². The van der Waals surface area contributed by atoms with Crippen molar-refractivity contribution in [1.29, 1.82) is 0 Å². The Kier molecular flexibility index (Phi) is 2.95. The Morgan fingerprint density at radius 1 is 1.67 bits per heavy atom. The minimum Gasteiger partial charge on any atom is -0.267 e. The average molecular weight is 166 g/mol. The molecule has 0 fully saturated rings. The van der Waals surface area contributed by atoms with E-state index in [0.29, 0.717) is 0 Å². The lowest BCUT2D eigenvalue weighted by Gasteiger charge is -1.89. The van der Waals surface area contributed by atoms with Crippen LogP contribution in [-0.2, 0) is 4.79 Å². The summed E-state index contributed by atoms with van der Waals surface area (Å²) in [6, 6.07) is 3.49. The Morgan fingerprint density at radius 3 is 3.08 bits per heavy atom. The van der Waals surface area contributed by atoms with E-state index in [4.69, 9.17) is 0 Å². The minimum absolute atomic E-state index is 0.751. The third-order valence-corrected chi connectivity index (χ3v) is 1.20. The topological polar surface area (TPSA) is 42.0 Å². The zero-order chi connectivity index (χ0) is 8.81. The van der Waals surface area contributed by atoms with Crippen molar-refractivity contribution in [3.63, 3.8) is 0 Å². The largest absolute Gasteiger partial charge is 0.271 e. The number of rotatable bonds is 2. The molecule has 1 aromatic rings. The van der Waals surface area contributed by atoms with E-state index in [1.165, 1.54) is 6.08 Å². The normalized spacial score (nSPS) is 10.1. The summed E-state index contributed by atoms with van der Waals surface area (Å²) in [5.41, 5.74) is 1.74. The maximum absolute atomic E-state index is 11.4. The molecule has 1 N–H and O–H groups in total. The Labute approximate surface area is 68.9 Å². The quantitative estimate of drug-likeness (QED) is 0.528. The summed E-state index contributed by atoms with van der Waals surface area (Å²) in [4.78, 5) is 14.2. The molecule has 0 aliphatic rings. The molecule has 0 atom stereocenters. The molecule has 0 spiro atoms. The molecule has 0 radical (unpaired) electrons. The molecular weight excluding hydrogens is 159 g/mol. The molecule has 4 heteroatoms. The van der Waals surface area contributed by atoms with Gasteiger partial charge in [-0.2, -0.15) is 5.54 Å². The summed E-state index contributed by atoms with van der Waals surface area (Å²) in [5, 5.41) is 0. The zero-order valence-electron chi connectivity index (χ0n) is 6.20. The number of halogens is 1. The molecular formula is C8H7FN2O. The third kappa shape index (κ3) is 2.49. The lowest BCUT2D eigenvalue weighted by molar-refractivity contribution is -0.120. The summed E-state index contributed by atoms with van der Waals surface area (Å²) in [6.07, 6.45) is 5.76. The molecule has 0 unspecified atom stereocenters. The standard InChI is InChI=1S/C8H7FN2O/c9-11-8(12)4-3-7-2-1-5-10-6-7/h1-6H,(H,11,12). The molecule has 1 rings (SSSR count). The van der Waals surface area contributed by atoms with Gasteiger partial charge in [0.05, 0.1) is 0 Å². The van der Waals surface area contributed by atoms with Crippen molar-refractivity contribution in [2.45, 2.75) is 0 Å². The fourth-order valence-corrected chi connectivity index (χ4v) is 0.678. The fraction of sp³-hybridized carbons (Fsp3) is 0. The van der Waals surface area contributed by atoms with Crippen molar-refractivity contribution in [3.05, 3.63) is 36.2 Å². The van der Waals surface area contributed by atoms with Gasteiger partial charge < -0.3 is 0 Å². The number of carbonyl (C=O) groups is 1. The van der Waals surface area contributed by atoms with Gasteiger partial charge in [0.25, 0.3) is 5.91 Å². The van der Waals surface area contributed by atoms with E-state index in [-0.39, 0.29) is 0 Å². The van der Waals surface area contributed by atoms with Gasteiger partial charge in [-0.15, -0.1) is 0 Å². The zero-order valence-corrected chi connectivity index (χ0v) is 6.20. The lowest BCUT2D eigenvalue weighted by atomic mass is 10.2. The van der Waals surface area contributed by atoms with Crippen LogP contribution in [0.1, 0.15) is 5.56 Å². The average Bonchev–Trinajstić information content (AvgIpc) is 2.16. The Bertz CT molecular complexity index is 284. The van der Waals surface area contributed by atoms with Crippen molar-refractivity contribution in [1.82, 2.24) is 10.5 Å². The molecule has 0 aromatic carbocycles. The molecule has 0 saturated carbocycles. The van der Waals surface area contributed by atoms with Crippen LogP contribution >= 0.6 is 0 Å². The van der Waals surface area contributed by atoms with Crippen LogP contribution in [0.4, 0.5) is 4.48 Å². The highest BCUT2D eigenvalue weighted by molar-refractivity contribution is 5.90. The third-order valence-electron chi connectivity index (χ3n) is 1.20. The highest BCUT2D eigenvalue weighted by Gasteiger charge is 1.90. The van der Waals surface area contributed by atoms with Crippen LogP contribution in [0.5, 0.6) is 0 Å². The highest BCUT2D eigenvalue weighted by Crippen LogP contribution is 1.97. The van der Waals surface area contributed by atoms with Gasteiger partial charge in [0.2, 0.25) is 0 Å². The predicted octanol–water partition coefficient (Wildman–Crippen LogP) is 1.10. The van der Waals surface area contributed by atoms with Gasteiger partial charge in [0, 0.05) is 18.5 Å². The van der Waals surface area contributed by atoms with E-state index >= 15 is 0 Å². The van der Waals surface area contributed by atoms with Gasteiger partial charge in [-0.05, 0) is 17.7 Å². The number of amides is 1.